The van der Waals surface area contributed by atoms with Crippen molar-refractivity contribution in [1.82, 2.24) is 15.3 Å². The summed E-state index contributed by atoms with van der Waals surface area (Å²) in [4.78, 5) is 7.40. The fourth-order valence-electron chi connectivity index (χ4n) is 4.23. The number of aromatic amines is 1. The zero-order valence-electron chi connectivity index (χ0n) is 15.8. The van der Waals surface area contributed by atoms with E-state index in [9.17, 15) is 4.39 Å². The number of aromatic nitrogens is 2. The van der Waals surface area contributed by atoms with Gasteiger partial charge < -0.3 is 10.3 Å². The van der Waals surface area contributed by atoms with Gasteiger partial charge in [0, 0.05) is 18.2 Å². The molecule has 3 aromatic carbocycles. The highest BCUT2D eigenvalue weighted by Gasteiger charge is 2.20. The van der Waals surface area contributed by atoms with E-state index in [1.807, 2.05) is 31.2 Å². The van der Waals surface area contributed by atoms with Crippen LogP contribution < -0.4 is 5.32 Å². The summed E-state index contributed by atoms with van der Waals surface area (Å²) in [6.07, 6.45) is 3.75. The number of H-pyrrole nitrogens is 1. The lowest BCUT2D eigenvalue weighted by Crippen LogP contribution is -2.28. The number of nitrogens with one attached hydrogen (secondary N) is 2. The van der Waals surface area contributed by atoms with E-state index >= 15 is 0 Å². The fourth-order valence-corrected chi connectivity index (χ4v) is 4.23. The SMILES string of the molecule is Cc1cc2[nH]cnc2cc1-c1ccc(CNC2Cc3ccccc3C2)cc1F. The van der Waals surface area contributed by atoms with Crippen LogP contribution in [0, 0.1) is 12.7 Å². The molecule has 0 atom stereocenters. The van der Waals surface area contributed by atoms with E-state index in [1.165, 1.54) is 11.1 Å². The van der Waals surface area contributed by atoms with Gasteiger partial charge in [-0.05, 0) is 65.8 Å². The maximum atomic E-state index is 14.9. The maximum Gasteiger partial charge on any atom is 0.131 e. The van der Waals surface area contributed by atoms with Crippen molar-refractivity contribution in [2.45, 2.75) is 32.4 Å². The molecule has 28 heavy (non-hydrogen) atoms. The minimum absolute atomic E-state index is 0.188. The Balaban J connectivity index is 1.33. The minimum Gasteiger partial charge on any atom is -0.345 e. The van der Waals surface area contributed by atoms with E-state index in [4.69, 9.17) is 0 Å². The summed E-state index contributed by atoms with van der Waals surface area (Å²) in [6, 6.07) is 18.5. The van der Waals surface area contributed by atoms with Gasteiger partial charge in [-0.2, -0.15) is 0 Å². The van der Waals surface area contributed by atoms with Crippen molar-refractivity contribution in [2.75, 3.05) is 0 Å². The van der Waals surface area contributed by atoms with Gasteiger partial charge in [0.25, 0.3) is 0 Å². The van der Waals surface area contributed by atoms with E-state index in [-0.39, 0.29) is 5.82 Å². The Morgan fingerprint density at radius 1 is 1.04 bits per heavy atom. The van der Waals surface area contributed by atoms with Crippen LogP contribution in [0.4, 0.5) is 4.39 Å². The smallest absolute Gasteiger partial charge is 0.131 e. The fraction of sp³-hybridized carbons (Fsp3) is 0.208. The van der Waals surface area contributed by atoms with E-state index < -0.39 is 0 Å². The summed E-state index contributed by atoms with van der Waals surface area (Å²) in [6.45, 7) is 2.68. The van der Waals surface area contributed by atoms with Gasteiger partial charge in [-0.1, -0.05) is 36.4 Å². The number of hydrogen-bond donors (Lipinski definition) is 2. The van der Waals surface area contributed by atoms with Crippen LogP contribution in [-0.4, -0.2) is 16.0 Å². The molecule has 3 nitrogen and oxygen atoms in total. The van der Waals surface area contributed by atoms with Crippen LogP contribution in [0.15, 0.2) is 60.9 Å². The lowest BCUT2D eigenvalue weighted by molar-refractivity contribution is 0.530. The van der Waals surface area contributed by atoms with Crippen molar-refractivity contribution < 1.29 is 4.39 Å². The van der Waals surface area contributed by atoms with E-state index in [0.29, 0.717) is 18.2 Å². The third-order valence-corrected chi connectivity index (χ3v) is 5.74. The highest BCUT2D eigenvalue weighted by Crippen LogP contribution is 2.30. The standard InChI is InChI=1S/C24H22FN3/c1-15-8-23-24(28-14-27-23)12-21(15)20-7-6-16(9-22(20)25)13-26-19-10-17-4-2-3-5-18(17)11-19/h2-9,12,14,19,26H,10-11,13H2,1H3,(H,27,28). The molecule has 5 rings (SSSR count). The third kappa shape index (κ3) is 3.10. The third-order valence-electron chi connectivity index (χ3n) is 5.74. The topological polar surface area (TPSA) is 40.7 Å². The molecule has 0 fully saturated rings. The summed E-state index contributed by atoms with van der Waals surface area (Å²) in [5, 5.41) is 3.58. The number of rotatable bonds is 4. The van der Waals surface area contributed by atoms with Crippen LogP contribution in [0.5, 0.6) is 0 Å². The van der Waals surface area contributed by atoms with Crippen molar-refractivity contribution in [3.8, 4) is 11.1 Å². The molecule has 4 heteroatoms. The van der Waals surface area contributed by atoms with Crippen LogP contribution >= 0.6 is 0 Å². The molecule has 2 N–H and O–H groups in total. The number of nitrogens with zero attached hydrogens (tertiary/aromatic N) is 1. The minimum atomic E-state index is -0.188. The zero-order chi connectivity index (χ0) is 19.1. The largest absolute Gasteiger partial charge is 0.345 e. The van der Waals surface area contributed by atoms with E-state index in [2.05, 4.69) is 39.6 Å². The second-order valence-electron chi connectivity index (χ2n) is 7.66. The predicted octanol–water partition coefficient (Wildman–Crippen LogP) is 4.93. The highest BCUT2D eigenvalue weighted by molar-refractivity contribution is 5.84. The summed E-state index contributed by atoms with van der Waals surface area (Å²) in [5.74, 6) is -0.188. The number of imidazole rings is 1. The van der Waals surface area contributed by atoms with Gasteiger partial charge in [0.1, 0.15) is 5.82 Å². The molecule has 0 radical (unpaired) electrons. The Labute approximate surface area is 163 Å². The lowest BCUT2D eigenvalue weighted by Gasteiger charge is -2.13. The average Bonchev–Trinajstić information content (AvgIpc) is 3.31. The Hall–Kier alpha value is -2.98. The normalized spacial score (nSPS) is 13.9. The molecule has 0 spiro atoms. The lowest BCUT2D eigenvalue weighted by atomic mass is 9.98. The molecule has 0 unspecified atom stereocenters. The van der Waals surface area contributed by atoms with Gasteiger partial charge in [0.05, 0.1) is 17.4 Å². The summed E-state index contributed by atoms with van der Waals surface area (Å²) >= 11 is 0. The molecule has 1 aromatic heterocycles. The zero-order valence-corrected chi connectivity index (χ0v) is 15.8. The number of halogens is 1. The van der Waals surface area contributed by atoms with Gasteiger partial charge >= 0.3 is 0 Å². The van der Waals surface area contributed by atoms with Gasteiger partial charge in [-0.3, -0.25) is 0 Å². The Kier molecular flexibility index (Phi) is 4.21. The van der Waals surface area contributed by atoms with Crippen molar-refractivity contribution in [3.05, 3.63) is 89.0 Å². The molecular weight excluding hydrogens is 349 g/mol. The maximum absolute atomic E-state index is 14.9. The molecule has 4 aromatic rings. The molecule has 140 valence electrons. The van der Waals surface area contributed by atoms with Crippen molar-refractivity contribution >= 4 is 11.0 Å². The van der Waals surface area contributed by atoms with Crippen molar-refractivity contribution in [2.24, 2.45) is 0 Å². The van der Waals surface area contributed by atoms with E-state index in [1.54, 1.807) is 12.4 Å². The number of benzene rings is 3. The molecular formula is C24H22FN3. The monoisotopic (exact) mass is 371 g/mol. The van der Waals surface area contributed by atoms with Gasteiger partial charge in [-0.15, -0.1) is 0 Å². The molecule has 0 amide bonds. The molecule has 1 heterocycles. The van der Waals surface area contributed by atoms with Crippen molar-refractivity contribution in [3.63, 3.8) is 0 Å². The number of hydrogen-bond acceptors (Lipinski definition) is 2. The Morgan fingerprint density at radius 3 is 2.57 bits per heavy atom. The van der Waals surface area contributed by atoms with Crippen molar-refractivity contribution in [1.29, 1.82) is 0 Å². The van der Waals surface area contributed by atoms with Crippen LogP contribution in [0.2, 0.25) is 0 Å². The van der Waals surface area contributed by atoms with E-state index in [0.717, 1.165) is 40.6 Å². The highest BCUT2D eigenvalue weighted by atomic mass is 19.1. The molecule has 0 aliphatic heterocycles. The molecule has 0 saturated carbocycles. The summed E-state index contributed by atoms with van der Waals surface area (Å²) < 4.78 is 14.9. The van der Waals surface area contributed by atoms with Gasteiger partial charge in [0.15, 0.2) is 0 Å². The summed E-state index contributed by atoms with van der Waals surface area (Å²) in [7, 11) is 0. The van der Waals surface area contributed by atoms with Gasteiger partial charge in [0.2, 0.25) is 0 Å². The second-order valence-corrected chi connectivity index (χ2v) is 7.66. The predicted molar refractivity (Wildman–Crippen MR) is 111 cm³/mol. The first-order valence-electron chi connectivity index (χ1n) is 9.70. The first kappa shape index (κ1) is 17.1. The Bertz CT molecular complexity index is 1140. The Morgan fingerprint density at radius 2 is 1.82 bits per heavy atom. The van der Waals surface area contributed by atoms with Crippen LogP contribution in [0.1, 0.15) is 22.3 Å². The number of aryl methyl sites for hydroxylation is 1. The number of fused-ring (bicyclic) bond motifs is 2. The quantitative estimate of drug-likeness (QED) is 0.534. The van der Waals surface area contributed by atoms with Gasteiger partial charge in [-0.25, -0.2) is 9.37 Å². The summed E-state index contributed by atoms with van der Waals surface area (Å²) in [5.41, 5.74) is 8.19. The molecule has 1 aliphatic carbocycles. The van der Waals surface area contributed by atoms with Crippen LogP contribution in [0.3, 0.4) is 0 Å². The first-order chi connectivity index (χ1) is 13.7. The molecule has 1 aliphatic rings. The second kappa shape index (κ2) is 6.88. The van der Waals surface area contributed by atoms with Crippen LogP contribution in [0.25, 0.3) is 22.2 Å². The van der Waals surface area contributed by atoms with Crippen LogP contribution in [-0.2, 0) is 19.4 Å². The molecule has 0 saturated heterocycles. The first-order valence-corrected chi connectivity index (χ1v) is 9.70. The molecule has 0 bridgehead atoms. The average molecular weight is 371 g/mol.